The molecule has 0 amide bonds. The minimum atomic E-state index is -3.93. The van der Waals surface area contributed by atoms with Crippen LogP contribution in [0.1, 0.15) is 10.8 Å². The van der Waals surface area contributed by atoms with Gasteiger partial charge < -0.3 is 0 Å². The van der Waals surface area contributed by atoms with Gasteiger partial charge in [0, 0.05) is 12.1 Å². The predicted molar refractivity (Wildman–Crippen MR) is 117 cm³/mol. The average Bonchev–Trinajstić information content (AvgIpc) is 3.20. The van der Waals surface area contributed by atoms with E-state index in [1.165, 1.54) is 40.3 Å². The molecule has 1 heterocycles. The number of hydrogen-bond acceptors (Lipinski definition) is 6. The molecule has 0 saturated carbocycles. The summed E-state index contributed by atoms with van der Waals surface area (Å²) in [6.07, 6.45) is 0. The molecule has 1 fully saturated rings. The second kappa shape index (κ2) is 8.29. The number of rotatable bonds is 5. The molecule has 0 spiro atoms. The van der Waals surface area contributed by atoms with Crippen LogP contribution in [-0.4, -0.2) is 29.4 Å². The number of non-ortho nitro benzene ring substituents is 1. The van der Waals surface area contributed by atoms with Gasteiger partial charge in [-0.3, -0.25) is 10.1 Å². The number of nitro benzene ring substituents is 1. The number of nitro groups is 1. The second-order valence-corrected chi connectivity index (χ2v) is 9.57. The molecule has 1 aliphatic heterocycles. The highest BCUT2D eigenvalue weighted by molar-refractivity contribution is 8.15. The molecular formula is C21H17N3O4S2. The first kappa shape index (κ1) is 20.1. The van der Waals surface area contributed by atoms with Crippen molar-refractivity contribution >= 4 is 38.3 Å². The van der Waals surface area contributed by atoms with Crippen molar-refractivity contribution in [2.45, 2.75) is 10.1 Å². The normalized spacial score (nSPS) is 17.9. The van der Waals surface area contributed by atoms with Crippen molar-refractivity contribution in [2.75, 3.05) is 6.54 Å². The van der Waals surface area contributed by atoms with Gasteiger partial charge in [-0.25, -0.2) is 17.7 Å². The molecule has 0 N–H and O–H groups in total. The fourth-order valence-corrected chi connectivity index (χ4v) is 6.02. The summed E-state index contributed by atoms with van der Waals surface area (Å²) >= 11 is 1.38. The number of hydrogen-bond donors (Lipinski definition) is 0. The minimum Gasteiger partial charge on any atom is -0.258 e. The standard InChI is InChI=1S/C21H17N3O4S2/c25-24(26)18-11-13-19(14-12-18)30(27,28)23-15-20(16-7-3-1-4-8-16)29-21(23)22-17-9-5-2-6-10-17/h1-14,20H,15H2/t20-/m1/s1. The van der Waals surface area contributed by atoms with Crippen molar-refractivity contribution < 1.29 is 13.3 Å². The van der Waals surface area contributed by atoms with Crippen LogP contribution in [0.25, 0.3) is 0 Å². The van der Waals surface area contributed by atoms with Gasteiger partial charge >= 0.3 is 0 Å². The quantitative estimate of drug-likeness (QED) is 0.422. The molecule has 3 aromatic carbocycles. The summed E-state index contributed by atoms with van der Waals surface area (Å²) in [6, 6.07) is 23.7. The molecule has 3 aromatic rings. The Bertz CT molecular complexity index is 1180. The minimum absolute atomic E-state index is 0.0110. The van der Waals surface area contributed by atoms with E-state index < -0.39 is 14.9 Å². The zero-order valence-electron chi connectivity index (χ0n) is 15.7. The smallest absolute Gasteiger partial charge is 0.258 e. The molecule has 0 aliphatic carbocycles. The van der Waals surface area contributed by atoms with Crippen LogP contribution in [0, 0.1) is 10.1 Å². The van der Waals surface area contributed by atoms with Gasteiger partial charge in [-0.15, -0.1) is 0 Å². The monoisotopic (exact) mass is 439 g/mol. The molecule has 4 rings (SSSR count). The topological polar surface area (TPSA) is 92.9 Å². The molecule has 7 nitrogen and oxygen atoms in total. The lowest BCUT2D eigenvalue weighted by atomic mass is 10.1. The Morgan fingerprint density at radius 1 is 0.933 bits per heavy atom. The van der Waals surface area contributed by atoms with Gasteiger partial charge in [-0.05, 0) is 29.8 Å². The third-order valence-corrected chi connectivity index (χ3v) is 7.69. The van der Waals surface area contributed by atoms with Crippen LogP contribution in [0.4, 0.5) is 11.4 Å². The maximum atomic E-state index is 13.4. The van der Waals surface area contributed by atoms with Crippen molar-refractivity contribution in [3.63, 3.8) is 0 Å². The summed E-state index contributed by atoms with van der Waals surface area (Å²) in [7, 11) is -3.93. The Hall–Kier alpha value is -3.17. The summed E-state index contributed by atoms with van der Waals surface area (Å²) in [5, 5.41) is 11.2. The maximum Gasteiger partial charge on any atom is 0.269 e. The van der Waals surface area contributed by atoms with Crippen LogP contribution in [-0.2, 0) is 10.0 Å². The molecule has 0 bridgehead atoms. The first-order valence-corrected chi connectivity index (χ1v) is 11.4. The largest absolute Gasteiger partial charge is 0.269 e. The summed E-state index contributed by atoms with van der Waals surface area (Å²) < 4.78 is 28.0. The zero-order valence-corrected chi connectivity index (χ0v) is 17.3. The molecule has 1 saturated heterocycles. The van der Waals surface area contributed by atoms with E-state index in [1.807, 2.05) is 48.5 Å². The van der Waals surface area contributed by atoms with Crippen LogP contribution >= 0.6 is 11.8 Å². The van der Waals surface area contributed by atoms with E-state index in [0.29, 0.717) is 10.9 Å². The summed E-state index contributed by atoms with van der Waals surface area (Å²) in [4.78, 5) is 14.9. The summed E-state index contributed by atoms with van der Waals surface area (Å²) in [5.74, 6) is 0. The Kier molecular flexibility index (Phi) is 5.56. The summed E-state index contributed by atoms with van der Waals surface area (Å²) in [6.45, 7) is 0.222. The Morgan fingerprint density at radius 2 is 1.53 bits per heavy atom. The number of sulfonamides is 1. The van der Waals surface area contributed by atoms with Gasteiger partial charge in [0.25, 0.3) is 15.7 Å². The number of para-hydroxylation sites is 1. The van der Waals surface area contributed by atoms with E-state index in [0.717, 1.165) is 5.56 Å². The third kappa shape index (κ3) is 4.07. The predicted octanol–water partition coefficient (Wildman–Crippen LogP) is 4.76. The van der Waals surface area contributed by atoms with Crippen molar-refractivity contribution in [1.29, 1.82) is 0 Å². The van der Waals surface area contributed by atoms with Gasteiger partial charge in [-0.2, -0.15) is 0 Å². The van der Waals surface area contributed by atoms with Gasteiger partial charge in [0.05, 0.1) is 27.3 Å². The van der Waals surface area contributed by atoms with Crippen LogP contribution in [0.3, 0.4) is 0 Å². The maximum absolute atomic E-state index is 13.4. The Labute approximate surface area is 178 Å². The van der Waals surface area contributed by atoms with Crippen LogP contribution in [0.15, 0.2) is 94.8 Å². The molecule has 30 heavy (non-hydrogen) atoms. The van der Waals surface area contributed by atoms with Gasteiger partial charge in [0.1, 0.15) is 0 Å². The first-order valence-electron chi connectivity index (χ1n) is 9.08. The van der Waals surface area contributed by atoms with E-state index in [4.69, 9.17) is 0 Å². The molecule has 1 aliphatic rings. The molecular weight excluding hydrogens is 422 g/mol. The van der Waals surface area contributed by atoms with Crippen molar-refractivity contribution in [3.8, 4) is 0 Å². The van der Waals surface area contributed by atoms with E-state index in [1.54, 1.807) is 12.1 Å². The summed E-state index contributed by atoms with van der Waals surface area (Å²) in [5.41, 5.74) is 1.49. The lowest BCUT2D eigenvalue weighted by Crippen LogP contribution is -2.32. The fraction of sp³-hybridized carbons (Fsp3) is 0.0952. The molecule has 1 atom stereocenters. The highest BCUT2D eigenvalue weighted by Gasteiger charge is 2.38. The van der Waals surface area contributed by atoms with Gasteiger partial charge in [0.15, 0.2) is 5.17 Å². The second-order valence-electron chi connectivity index (χ2n) is 6.53. The van der Waals surface area contributed by atoms with Crippen molar-refractivity contribution in [2.24, 2.45) is 4.99 Å². The fourth-order valence-electron chi connectivity index (χ4n) is 3.06. The van der Waals surface area contributed by atoms with E-state index in [-0.39, 0.29) is 22.4 Å². The molecule has 9 heteroatoms. The number of benzene rings is 3. The average molecular weight is 440 g/mol. The highest BCUT2D eigenvalue weighted by Crippen LogP contribution is 2.41. The third-order valence-electron chi connectivity index (χ3n) is 4.58. The van der Waals surface area contributed by atoms with Crippen molar-refractivity contribution in [1.82, 2.24) is 4.31 Å². The van der Waals surface area contributed by atoms with E-state index in [9.17, 15) is 18.5 Å². The van der Waals surface area contributed by atoms with Crippen LogP contribution in [0.5, 0.6) is 0 Å². The van der Waals surface area contributed by atoms with Gasteiger partial charge in [-0.1, -0.05) is 60.3 Å². The Morgan fingerprint density at radius 3 is 2.13 bits per heavy atom. The molecule has 0 unspecified atom stereocenters. The number of nitrogens with zero attached hydrogens (tertiary/aromatic N) is 3. The van der Waals surface area contributed by atoms with Gasteiger partial charge in [0.2, 0.25) is 0 Å². The molecule has 152 valence electrons. The number of thioether (sulfide) groups is 1. The SMILES string of the molecule is O=[N+]([O-])c1ccc(S(=O)(=O)N2C[C@H](c3ccccc3)SC2=Nc2ccccc2)cc1. The first-order chi connectivity index (χ1) is 14.4. The Balaban J connectivity index is 1.73. The van der Waals surface area contributed by atoms with E-state index in [2.05, 4.69) is 4.99 Å². The lowest BCUT2D eigenvalue weighted by Gasteiger charge is -2.18. The number of amidine groups is 1. The van der Waals surface area contributed by atoms with Crippen molar-refractivity contribution in [3.05, 3.63) is 101 Å². The molecule has 0 aromatic heterocycles. The van der Waals surface area contributed by atoms with E-state index >= 15 is 0 Å². The lowest BCUT2D eigenvalue weighted by molar-refractivity contribution is -0.384. The zero-order chi connectivity index (χ0) is 21.1. The number of aliphatic imine (C=N–C) groups is 1. The van der Waals surface area contributed by atoms with Crippen LogP contribution < -0.4 is 0 Å². The molecule has 0 radical (unpaired) electrons. The highest BCUT2D eigenvalue weighted by atomic mass is 32.2. The van der Waals surface area contributed by atoms with Crippen LogP contribution in [0.2, 0.25) is 0 Å².